The van der Waals surface area contributed by atoms with Gasteiger partial charge in [-0.15, -0.1) is 0 Å². The maximum atomic E-state index is 13.0. The molecule has 0 N–H and O–H groups in total. The van der Waals surface area contributed by atoms with Gasteiger partial charge >= 0.3 is 5.63 Å². The molecular formula is C25H27NO6. The Morgan fingerprint density at radius 2 is 1.81 bits per heavy atom. The zero-order chi connectivity index (χ0) is 22.8. The standard InChI is InChI=1S/C25H27NO6/c1-15(2)25(28)26-10-9-16-11-22(29-3)23(30-4)12-18(16)19(26)14-31-21-13-24(27)32-20-8-6-5-7-17(20)21/h5-8,11-13,15,19H,9-10,14H2,1-4H3. The zero-order valence-electron chi connectivity index (χ0n) is 18.7. The van der Waals surface area contributed by atoms with E-state index in [2.05, 4.69) is 0 Å². The van der Waals surface area contributed by atoms with Crippen molar-refractivity contribution in [2.75, 3.05) is 27.4 Å². The SMILES string of the molecule is COc1cc2c(cc1OC)C(COc1cc(=O)oc3ccccc13)N(C(=O)C(C)C)CC2. The molecule has 1 amide bonds. The Morgan fingerprint density at radius 3 is 2.53 bits per heavy atom. The van der Waals surface area contributed by atoms with Crippen LogP contribution in [0.25, 0.3) is 11.0 Å². The zero-order valence-corrected chi connectivity index (χ0v) is 18.7. The number of carbonyl (C=O) groups is 1. The van der Waals surface area contributed by atoms with E-state index in [-0.39, 0.29) is 24.5 Å². The number of para-hydroxylation sites is 1. The molecule has 7 heteroatoms. The van der Waals surface area contributed by atoms with Crippen LogP contribution in [0.2, 0.25) is 0 Å². The molecule has 0 saturated heterocycles. The minimum Gasteiger partial charge on any atom is -0.493 e. The van der Waals surface area contributed by atoms with E-state index < -0.39 is 5.63 Å². The molecule has 1 atom stereocenters. The van der Waals surface area contributed by atoms with E-state index in [0.29, 0.717) is 41.2 Å². The molecule has 32 heavy (non-hydrogen) atoms. The smallest absolute Gasteiger partial charge is 0.339 e. The number of fused-ring (bicyclic) bond motifs is 2. The van der Waals surface area contributed by atoms with Crippen LogP contribution in [0, 0.1) is 5.92 Å². The van der Waals surface area contributed by atoms with Gasteiger partial charge in [0.25, 0.3) is 0 Å². The van der Waals surface area contributed by atoms with Crippen molar-refractivity contribution in [1.82, 2.24) is 4.90 Å². The molecule has 0 aliphatic carbocycles. The van der Waals surface area contributed by atoms with Gasteiger partial charge in [0.2, 0.25) is 5.91 Å². The molecule has 2 aromatic carbocycles. The van der Waals surface area contributed by atoms with Gasteiger partial charge in [0.1, 0.15) is 17.9 Å². The van der Waals surface area contributed by atoms with Crippen molar-refractivity contribution in [3.8, 4) is 17.2 Å². The van der Waals surface area contributed by atoms with Gasteiger partial charge in [0.05, 0.1) is 31.7 Å². The second kappa shape index (κ2) is 8.94. The Labute approximate surface area is 186 Å². The minimum atomic E-state index is -0.482. The van der Waals surface area contributed by atoms with E-state index in [1.807, 2.05) is 43.0 Å². The first-order valence-electron chi connectivity index (χ1n) is 10.6. The number of hydrogen-bond acceptors (Lipinski definition) is 6. The van der Waals surface area contributed by atoms with Crippen LogP contribution in [-0.4, -0.2) is 38.2 Å². The third-order valence-corrected chi connectivity index (χ3v) is 5.79. The number of methoxy groups -OCH3 is 2. The van der Waals surface area contributed by atoms with Gasteiger partial charge in [-0.1, -0.05) is 26.0 Å². The lowest BCUT2D eigenvalue weighted by Gasteiger charge is -2.38. The Morgan fingerprint density at radius 1 is 1.09 bits per heavy atom. The van der Waals surface area contributed by atoms with Crippen molar-refractivity contribution in [2.24, 2.45) is 5.92 Å². The highest BCUT2D eigenvalue weighted by Crippen LogP contribution is 2.39. The predicted octanol–water partition coefficient (Wildman–Crippen LogP) is 3.97. The molecule has 0 radical (unpaired) electrons. The highest BCUT2D eigenvalue weighted by Gasteiger charge is 2.33. The highest BCUT2D eigenvalue weighted by molar-refractivity contribution is 5.83. The average Bonchev–Trinajstić information content (AvgIpc) is 2.80. The number of benzene rings is 2. The van der Waals surface area contributed by atoms with E-state index >= 15 is 0 Å². The van der Waals surface area contributed by atoms with Crippen LogP contribution in [0.3, 0.4) is 0 Å². The fraction of sp³-hybridized carbons (Fsp3) is 0.360. The average molecular weight is 437 g/mol. The van der Waals surface area contributed by atoms with Gasteiger partial charge < -0.3 is 23.5 Å². The normalized spacial score (nSPS) is 15.5. The topological polar surface area (TPSA) is 78.2 Å². The van der Waals surface area contributed by atoms with E-state index in [9.17, 15) is 9.59 Å². The number of amides is 1. The number of carbonyl (C=O) groups excluding carboxylic acids is 1. The van der Waals surface area contributed by atoms with Gasteiger partial charge in [0.15, 0.2) is 11.5 Å². The molecule has 0 fully saturated rings. The fourth-order valence-electron chi connectivity index (χ4n) is 4.17. The van der Waals surface area contributed by atoms with Crippen LogP contribution in [0.4, 0.5) is 0 Å². The van der Waals surface area contributed by atoms with Crippen LogP contribution < -0.4 is 19.8 Å². The molecule has 0 saturated carbocycles. The Hall–Kier alpha value is -3.48. The lowest BCUT2D eigenvalue weighted by molar-refractivity contribution is -0.138. The molecule has 7 nitrogen and oxygen atoms in total. The number of hydrogen-bond donors (Lipinski definition) is 0. The Balaban J connectivity index is 1.74. The number of ether oxygens (including phenoxy) is 3. The molecule has 4 rings (SSSR count). The van der Waals surface area contributed by atoms with Gasteiger partial charge in [-0.2, -0.15) is 0 Å². The number of rotatable bonds is 6. The predicted molar refractivity (Wildman–Crippen MR) is 121 cm³/mol. The van der Waals surface area contributed by atoms with Crippen LogP contribution in [0.1, 0.15) is 31.0 Å². The summed E-state index contributed by atoms with van der Waals surface area (Å²) in [7, 11) is 3.19. The second-order valence-corrected chi connectivity index (χ2v) is 8.09. The largest absolute Gasteiger partial charge is 0.493 e. The maximum Gasteiger partial charge on any atom is 0.339 e. The molecule has 0 spiro atoms. The monoisotopic (exact) mass is 437 g/mol. The van der Waals surface area contributed by atoms with Crippen molar-refractivity contribution in [3.05, 3.63) is 64.0 Å². The third-order valence-electron chi connectivity index (χ3n) is 5.79. The lowest BCUT2D eigenvalue weighted by atomic mass is 9.91. The van der Waals surface area contributed by atoms with Crippen LogP contribution in [0.15, 0.2) is 51.7 Å². The van der Waals surface area contributed by atoms with E-state index in [0.717, 1.165) is 11.1 Å². The summed E-state index contributed by atoms with van der Waals surface area (Å²) in [6.45, 7) is 4.54. The van der Waals surface area contributed by atoms with Crippen molar-refractivity contribution < 1.29 is 23.4 Å². The van der Waals surface area contributed by atoms with Crippen LogP contribution >= 0.6 is 0 Å². The first-order chi connectivity index (χ1) is 15.4. The molecule has 2 heterocycles. The summed E-state index contributed by atoms with van der Waals surface area (Å²) < 4.78 is 22.4. The van der Waals surface area contributed by atoms with Crippen LogP contribution in [0.5, 0.6) is 17.2 Å². The molecular weight excluding hydrogens is 410 g/mol. The maximum absolute atomic E-state index is 13.0. The Kier molecular flexibility index (Phi) is 6.08. The van der Waals surface area contributed by atoms with E-state index in [4.69, 9.17) is 18.6 Å². The third kappa shape index (κ3) is 4.02. The first kappa shape index (κ1) is 21.7. The van der Waals surface area contributed by atoms with Gasteiger partial charge in [-0.3, -0.25) is 4.79 Å². The summed E-state index contributed by atoms with van der Waals surface area (Å²) in [5.41, 5.74) is 2.02. The molecule has 168 valence electrons. The van der Waals surface area contributed by atoms with E-state index in [1.165, 1.54) is 6.07 Å². The molecule has 0 bridgehead atoms. The van der Waals surface area contributed by atoms with Crippen molar-refractivity contribution in [1.29, 1.82) is 0 Å². The van der Waals surface area contributed by atoms with Gasteiger partial charge in [-0.25, -0.2) is 4.79 Å². The van der Waals surface area contributed by atoms with Gasteiger partial charge in [0, 0.05) is 12.5 Å². The molecule has 1 unspecified atom stereocenters. The summed E-state index contributed by atoms with van der Waals surface area (Å²) in [6, 6.07) is 12.1. The number of nitrogens with zero attached hydrogens (tertiary/aromatic N) is 1. The molecule has 1 aromatic heterocycles. The van der Waals surface area contributed by atoms with Crippen molar-refractivity contribution in [3.63, 3.8) is 0 Å². The summed E-state index contributed by atoms with van der Waals surface area (Å²) in [4.78, 5) is 26.9. The van der Waals surface area contributed by atoms with Crippen molar-refractivity contribution >= 4 is 16.9 Å². The van der Waals surface area contributed by atoms with Gasteiger partial charge in [-0.05, 0) is 41.8 Å². The van der Waals surface area contributed by atoms with E-state index in [1.54, 1.807) is 26.4 Å². The quantitative estimate of drug-likeness (QED) is 0.543. The minimum absolute atomic E-state index is 0.0523. The fourth-order valence-corrected chi connectivity index (χ4v) is 4.17. The lowest BCUT2D eigenvalue weighted by Crippen LogP contribution is -2.44. The Bertz CT molecular complexity index is 1200. The highest BCUT2D eigenvalue weighted by atomic mass is 16.5. The molecule has 3 aromatic rings. The first-order valence-corrected chi connectivity index (χ1v) is 10.6. The molecule has 1 aliphatic rings. The summed E-state index contributed by atoms with van der Waals surface area (Å²) in [5.74, 6) is 1.59. The second-order valence-electron chi connectivity index (χ2n) is 8.09. The summed E-state index contributed by atoms with van der Waals surface area (Å²) in [5, 5.41) is 0.706. The molecule has 1 aliphatic heterocycles. The summed E-state index contributed by atoms with van der Waals surface area (Å²) in [6.07, 6.45) is 0.711. The summed E-state index contributed by atoms with van der Waals surface area (Å²) >= 11 is 0. The van der Waals surface area contributed by atoms with Crippen molar-refractivity contribution in [2.45, 2.75) is 26.3 Å². The van der Waals surface area contributed by atoms with Crippen LogP contribution in [-0.2, 0) is 11.2 Å².